The molecule has 1 aromatic rings. The number of nitrogens with two attached hydrogens (primary N) is 1. The molecule has 1 aromatic carbocycles. The number of hydrogen-bond donors (Lipinski definition) is 1. The highest BCUT2D eigenvalue weighted by Gasteiger charge is 2.39. The van der Waals surface area contributed by atoms with Crippen molar-refractivity contribution in [2.24, 2.45) is 11.7 Å². The Kier molecular flexibility index (Phi) is 3.80. The van der Waals surface area contributed by atoms with Gasteiger partial charge in [0.05, 0.1) is 6.61 Å². The molecule has 1 aliphatic carbocycles. The standard InChI is InChI=1S/C13H16F3NO/c14-11-3-10(7-17)4-12(5-11)18-8-9-1-2-13(15,16)6-9/h3-5,9H,1-2,6-8,17H2. The lowest BCUT2D eigenvalue weighted by molar-refractivity contribution is 0.00291. The van der Waals surface area contributed by atoms with Crippen molar-refractivity contribution in [3.8, 4) is 5.75 Å². The lowest BCUT2D eigenvalue weighted by Crippen LogP contribution is -2.14. The minimum absolute atomic E-state index is 0.0851. The third kappa shape index (κ3) is 3.38. The van der Waals surface area contributed by atoms with Gasteiger partial charge >= 0.3 is 0 Å². The highest BCUT2D eigenvalue weighted by Crippen LogP contribution is 2.38. The van der Waals surface area contributed by atoms with Gasteiger partial charge in [-0.2, -0.15) is 0 Å². The van der Waals surface area contributed by atoms with Crippen molar-refractivity contribution in [3.63, 3.8) is 0 Å². The van der Waals surface area contributed by atoms with Gasteiger partial charge in [-0.3, -0.25) is 0 Å². The van der Waals surface area contributed by atoms with Crippen LogP contribution in [0.4, 0.5) is 13.2 Å². The van der Waals surface area contributed by atoms with Crippen LogP contribution in [0.25, 0.3) is 0 Å². The van der Waals surface area contributed by atoms with Crippen LogP contribution in [-0.4, -0.2) is 12.5 Å². The number of benzene rings is 1. The fraction of sp³-hybridized carbons (Fsp3) is 0.538. The molecule has 1 atom stereocenters. The maximum atomic E-state index is 13.2. The van der Waals surface area contributed by atoms with Crippen molar-refractivity contribution < 1.29 is 17.9 Å². The molecule has 0 saturated heterocycles. The van der Waals surface area contributed by atoms with Gasteiger partial charge in [0.1, 0.15) is 11.6 Å². The van der Waals surface area contributed by atoms with E-state index in [0.717, 1.165) is 0 Å². The SMILES string of the molecule is NCc1cc(F)cc(OCC2CCC(F)(F)C2)c1. The van der Waals surface area contributed by atoms with E-state index < -0.39 is 11.7 Å². The molecule has 1 saturated carbocycles. The Morgan fingerprint density at radius 2 is 2.11 bits per heavy atom. The lowest BCUT2D eigenvalue weighted by Gasteiger charge is -2.13. The molecular weight excluding hydrogens is 243 g/mol. The minimum Gasteiger partial charge on any atom is -0.493 e. The second-order valence-corrected chi connectivity index (χ2v) is 4.78. The molecule has 5 heteroatoms. The van der Waals surface area contributed by atoms with Crippen molar-refractivity contribution >= 4 is 0 Å². The molecule has 0 spiro atoms. The molecule has 1 unspecified atom stereocenters. The number of alkyl halides is 2. The highest BCUT2D eigenvalue weighted by molar-refractivity contribution is 5.29. The van der Waals surface area contributed by atoms with Gasteiger partial charge in [0.2, 0.25) is 5.92 Å². The molecule has 100 valence electrons. The summed E-state index contributed by atoms with van der Waals surface area (Å²) in [6.45, 7) is 0.415. The molecule has 1 aliphatic rings. The summed E-state index contributed by atoms with van der Waals surface area (Å²) < 4.78 is 44.5. The van der Waals surface area contributed by atoms with E-state index in [2.05, 4.69) is 0 Å². The molecule has 0 bridgehead atoms. The zero-order chi connectivity index (χ0) is 13.2. The van der Waals surface area contributed by atoms with Gasteiger partial charge in [-0.15, -0.1) is 0 Å². The molecule has 0 aromatic heterocycles. The topological polar surface area (TPSA) is 35.2 Å². The second-order valence-electron chi connectivity index (χ2n) is 4.78. The van der Waals surface area contributed by atoms with E-state index in [1.165, 1.54) is 12.1 Å². The summed E-state index contributed by atoms with van der Waals surface area (Å²) in [6, 6.07) is 4.21. The first kappa shape index (κ1) is 13.2. The van der Waals surface area contributed by atoms with Crippen LogP contribution in [0.3, 0.4) is 0 Å². The molecule has 18 heavy (non-hydrogen) atoms. The van der Waals surface area contributed by atoms with Crippen LogP contribution in [-0.2, 0) is 6.54 Å². The van der Waals surface area contributed by atoms with Crippen LogP contribution >= 0.6 is 0 Å². The molecular formula is C13H16F3NO. The Balaban J connectivity index is 1.92. The average Bonchev–Trinajstić information content (AvgIpc) is 2.65. The maximum Gasteiger partial charge on any atom is 0.248 e. The van der Waals surface area contributed by atoms with E-state index in [9.17, 15) is 13.2 Å². The number of hydrogen-bond acceptors (Lipinski definition) is 2. The van der Waals surface area contributed by atoms with Crippen molar-refractivity contribution in [2.75, 3.05) is 6.61 Å². The maximum absolute atomic E-state index is 13.2. The zero-order valence-electron chi connectivity index (χ0n) is 9.96. The predicted octanol–water partition coefficient (Wildman–Crippen LogP) is 3.10. The van der Waals surface area contributed by atoms with Gasteiger partial charge in [-0.25, -0.2) is 13.2 Å². The van der Waals surface area contributed by atoms with E-state index in [-0.39, 0.29) is 31.9 Å². The molecule has 0 amide bonds. The van der Waals surface area contributed by atoms with E-state index in [4.69, 9.17) is 10.5 Å². The molecule has 0 heterocycles. The van der Waals surface area contributed by atoms with Crippen LogP contribution in [0.5, 0.6) is 5.75 Å². The van der Waals surface area contributed by atoms with Gasteiger partial charge in [0.15, 0.2) is 0 Å². The Labute approximate surface area is 104 Å². The zero-order valence-corrected chi connectivity index (χ0v) is 9.96. The predicted molar refractivity (Wildman–Crippen MR) is 62.1 cm³/mol. The Hall–Kier alpha value is -1.23. The summed E-state index contributed by atoms with van der Waals surface area (Å²) in [6.07, 6.45) is 0.219. The third-order valence-corrected chi connectivity index (χ3v) is 3.16. The van der Waals surface area contributed by atoms with Gasteiger partial charge in [-0.1, -0.05) is 0 Å². The fourth-order valence-corrected chi connectivity index (χ4v) is 2.22. The molecule has 2 N–H and O–H groups in total. The summed E-state index contributed by atoms with van der Waals surface area (Å²) in [5, 5.41) is 0. The van der Waals surface area contributed by atoms with Crippen LogP contribution in [0.15, 0.2) is 18.2 Å². The first-order valence-corrected chi connectivity index (χ1v) is 5.99. The summed E-state index contributed by atoms with van der Waals surface area (Å²) in [5.41, 5.74) is 6.05. The highest BCUT2D eigenvalue weighted by atomic mass is 19.3. The van der Waals surface area contributed by atoms with Gasteiger partial charge in [-0.05, 0) is 30.0 Å². The van der Waals surface area contributed by atoms with Crippen LogP contribution < -0.4 is 10.5 Å². The van der Waals surface area contributed by atoms with Crippen molar-refractivity contribution in [2.45, 2.75) is 31.7 Å². The lowest BCUT2D eigenvalue weighted by atomic mass is 10.1. The molecule has 0 radical (unpaired) electrons. The Morgan fingerprint density at radius 1 is 1.33 bits per heavy atom. The van der Waals surface area contributed by atoms with Gasteiger partial charge in [0.25, 0.3) is 0 Å². The number of rotatable bonds is 4. The summed E-state index contributed by atoms with van der Waals surface area (Å²) in [4.78, 5) is 0. The molecule has 0 aliphatic heterocycles. The van der Waals surface area contributed by atoms with Gasteiger partial charge < -0.3 is 10.5 Å². The smallest absolute Gasteiger partial charge is 0.248 e. The van der Waals surface area contributed by atoms with E-state index in [1.807, 2.05) is 0 Å². The third-order valence-electron chi connectivity index (χ3n) is 3.16. The van der Waals surface area contributed by atoms with Crippen molar-refractivity contribution in [1.82, 2.24) is 0 Å². The molecule has 1 fully saturated rings. The van der Waals surface area contributed by atoms with Gasteiger partial charge in [0, 0.05) is 25.5 Å². The average molecular weight is 259 g/mol. The number of halogens is 3. The van der Waals surface area contributed by atoms with Crippen LogP contribution in [0, 0.1) is 11.7 Å². The summed E-state index contributed by atoms with van der Waals surface area (Å²) in [7, 11) is 0. The molecule has 2 rings (SSSR count). The normalized spacial score (nSPS) is 22.1. The van der Waals surface area contributed by atoms with E-state index in [1.54, 1.807) is 6.07 Å². The summed E-state index contributed by atoms with van der Waals surface area (Å²) >= 11 is 0. The van der Waals surface area contributed by atoms with Crippen molar-refractivity contribution in [1.29, 1.82) is 0 Å². The first-order valence-electron chi connectivity index (χ1n) is 5.99. The molecule has 2 nitrogen and oxygen atoms in total. The number of ether oxygens (including phenoxy) is 1. The quantitative estimate of drug-likeness (QED) is 0.901. The second kappa shape index (κ2) is 5.18. The largest absolute Gasteiger partial charge is 0.493 e. The summed E-state index contributed by atoms with van der Waals surface area (Å²) in [5.74, 6) is -2.81. The van der Waals surface area contributed by atoms with Crippen molar-refractivity contribution in [3.05, 3.63) is 29.6 Å². The van der Waals surface area contributed by atoms with E-state index >= 15 is 0 Å². The minimum atomic E-state index is -2.57. The first-order chi connectivity index (χ1) is 8.48. The fourth-order valence-electron chi connectivity index (χ4n) is 2.22. The Bertz CT molecular complexity index is 423. The van der Waals surface area contributed by atoms with E-state index in [0.29, 0.717) is 17.7 Å². The van der Waals surface area contributed by atoms with Crippen LogP contribution in [0.2, 0.25) is 0 Å². The monoisotopic (exact) mass is 259 g/mol. The van der Waals surface area contributed by atoms with Crippen LogP contribution in [0.1, 0.15) is 24.8 Å². The Morgan fingerprint density at radius 3 is 2.72 bits per heavy atom.